The number of aromatic amines is 1. The van der Waals surface area contributed by atoms with E-state index >= 15 is 8.78 Å². The molecule has 0 unspecified atom stereocenters. The third-order valence-corrected chi connectivity index (χ3v) is 11.2. The molecule has 1 fully saturated rings. The van der Waals surface area contributed by atoms with Gasteiger partial charge in [-0.15, -0.1) is 0 Å². The van der Waals surface area contributed by atoms with Crippen LogP contribution in [0.4, 0.5) is 8.78 Å². The van der Waals surface area contributed by atoms with Gasteiger partial charge in [0, 0.05) is 18.2 Å². The van der Waals surface area contributed by atoms with E-state index < -0.39 is 67.8 Å². The van der Waals surface area contributed by atoms with Crippen LogP contribution in [0.15, 0.2) is 130 Å². The molecule has 0 aliphatic carbocycles. The normalized spacial score (nSPS) is 19.3. The molecule has 2 heterocycles. The second-order valence-corrected chi connectivity index (χ2v) is 14.3. The van der Waals surface area contributed by atoms with Gasteiger partial charge in [0.1, 0.15) is 29.4 Å². The molecule has 52 heavy (non-hydrogen) atoms. The number of methoxy groups -OCH3 is 2. The van der Waals surface area contributed by atoms with Gasteiger partial charge in [-0.2, -0.15) is 8.78 Å². The zero-order valence-electron chi connectivity index (χ0n) is 28.4. The van der Waals surface area contributed by atoms with Gasteiger partial charge in [0.25, 0.3) is 5.56 Å². The van der Waals surface area contributed by atoms with Crippen LogP contribution in [-0.2, 0) is 24.9 Å². The molecule has 1 aromatic heterocycles. The number of benzene rings is 4. The molecule has 2 N–H and O–H groups in total. The number of hydrogen-bond acceptors (Lipinski definition) is 9. The second-order valence-electron chi connectivity index (χ2n) is 12.3. The number of nitrogens with one attached hydrogen (secondary N) is 1. The van der Waals surface area contributed by atoms with Crippen LogP contribution < -0.4 is 20.7 Å². The van der Waals surface area contributed by atoms with E-state index in [1.807, 2.05) is 0 Å². The lowest BCUT2D eigenvalue weighted by atomic mass is 9.79. The highest BCUT2D eigenvalue weighted by Gasteiger charge is 2.70. The Labute approximate surface area is 297 Å². The average Bonchev–Trinajstić information content (AvgIpc) is 3.51. The van der Waals surface area contributed by atoms with Gasteiger partial charge in [-0.05, 0) is 60.0 Å². The van der Waals surface area contributed by atoms with Crippen LogP contribution in [0.2, 0.25) is 0 Å². The molecule has 1 saturated heterocycles. The number of sulfone groups is 1. The fraction of sp³-hybridized carbons (Fsp3) is 0.263. The van der Waals surface area contributed by atoms with Crippen LogP contribution in [0, 0.1) is 6.92 Å². The van der Waals surface area contributed by atoms with Gasteiger partial charge in [0.15, 0.2) is 5.60 Å². The number of alkyl halides is 2. The summed E-state index contributed by atoms with van der Waals surface area (Å²) in [5.74, 6) is 1.06. The SMILES string of the molecule is COc1ccc(C(OC[C@H]2O[C@@H](n3cc(C)c(=O)[nH]c3=O)C[C@]2(O)C(F)(F)S(=O)(=O)c2ccccc2)(c2ccccc2)c2ccc(OC)cc2)cc1. The lowest BCUT2D eigenvalue weighted by molar-refractivity contribution is -0.181. The molecule has 4 aromatic carbocycles. The minimum Gasteiger partial charge on any atom is -0.497 e. The van der Waals surface area contributed by atoms with Gasteiger partial charge >= 0.3 is 10.9 Å². The predicted octanol–water partition coefficient (Wildman–Crippen LogP) is 4.96. The molecule has 6 rings (SSSR count). The summed E-state index contributed by atoms with van der Waals surface area (Å²) in [6.07, 6.45) is -3.65. The van der Waals surface area contributed by atoms with Crippen molar-refractivity contribution in [3.8, 4) is 11.5 Å². The number of ether oxygens (including phenoxy) is 4. The summed E-state index contributed by atoms with van der Waals surface area (Å²) in [6, 6.07) is 28.6. The Morgan fingerprint density at radius 3 is 1.87 bits per heavy atom. The van der Waals surface area contributed by atoms with Crippen LogP contribution in [0.5, 0.6) is 11.5 Å². The number of aryl methyl sites for hydroxylation is 1. The highest BCUT2D eigenvalue weighted by molar-refractivity contribution is 7.92. The van der Waals surface area contributed by atoms with Gasteiger partial charge in [0.2, 0.25) is 9.84 Å². The number of halogens is 2. The number of nitrogens with zero attached hydrogens (tertiary/aromatic N) is 1. The van der Waals surface area contributed by atoms with Crippen molar-refractivity contribution in [3.05, 3.63) is 158 Å². The van der Waals surface area contributed by atoms with E-state index in [9.17, 15) is 23.1 Å². The summed E-state index contributed by atoms with van der Waals surface area (Å²) in [7, 11) is -2.55. The van der Waals surface area contributed by atoms with E-state index in [4.69, 9.17) is 18.9 Å². The number of rotatable bonds is 12. The van der Waals surface area contributed by atoms with Crippen LogP contribution in [0.1, 0.15) is 34.9 Å². The van der Waals surface area contributed by atoms with Crippen LogP contribution in [0.25, 0.3) is 0 Å². The van der Waals surface area contributed by atoms with Crippen LogP contribution in [-0.4, -0.2) is 60.9 Å². The van der Waals surface area contributed by atoms with Crippen molar-refractivity contribution in [1.82, 2.24) is 9.55 Å². The third kappa shape index (κ3) is 6.21. The molecule has 0 radical (unpaired) electrons. The summed E-state index contributed by atoms with van der Waals surface area (Å²) >= 11 is 0. The average molecular weight is 735 g/mol. The van der Waals surface area contributed by atoms with Gasteiger partial charge in [-0.3, -0.25) is 14.3 Å². The fourth-order valence-corrected chi connectivity index (χ4v) is 7.94. The van der Waals surface area contributed by atoms with Crippen molar-refractivity contribution in [2.24, 2.45) is 0 Å². The molecular weight excluding hydrogens is 698 g/mol. The van der Waals surface area contributed by atoms with Crippen molar-refractivity contribution in [2.75, 3.05) is 20.8 Å². The molecule has 272 valence electrons. The highest BCUT2D eigenvalue weighted by atomic mass is 32.2. The molecule has 3 atom stereocenters. The quantitative estimate of drug-likeness (QED) is 0.170. The summed E-state index contributed by atoms with van der Waals surface area (Å²) in [4.78, 5) is 26.4. The van der Waals surface area contributed by atoms with E-state index in [0.717, 1.165) is 22.9 Å². The molecule has 1 aliphatic heterocycles. The minimum atomic E-state index is -5.56. The summed E-state index contributed by atoms with van der Waals surface area (Å²) in [5.41, 5.74) is -5.08. The van der Waals surface area contributed by atoms with Crippen LogP contribution >= 0.6 is 0 Å². The molecule has 14 heteroatoms. The van der Waals surface area contributed by atoms with Crippen molar-refractivity contribution in [2.45, 2.75) is 47.0 Å². The minimum absolute atomic E-state index is 0.0530. The molecule has 0 saturated carbocycles. The number of hydrogen-bond donors (Lipinski definition) is 2. The Morgan fingerprint density at radius 1 is 0.846 bits per heavy atom. The Bertz CT molecular complexity index is 2200. The highest BCUT2D eigenvalue weighted by Crippen LogP contribution is 2.51. The summed E-state index contributed by atoms with van der Waals surface area (Å²) in [6.45, 7) is 0.583. The maximum Gasteiger partial charge on any atom is 0.380 e. The monoisotopic (exact) mass is 734 g/mol. The van der Waals surface area contributed by atoms with Crippen molar-refractivity contribution >= 4 is 9.84 Å². The van der Waals surface area contributed by atoms with E-state index in [1.54, 1.807) is 78.9 Å². The Hall–Kier alpha value is -5.15. The third-order valence-electron chi connectivity index (χ3n) is 9.32. The zero-order chi connectivity index (χ0) is 37.3. The van der Waals surface area contributed by atoms with Gasteiger partial charge in [0.05, 0.1) is 25.7 Å². The first-order valence-electron chi connectivity index (χ1n) is 16.1. The van der Waals surface area contributed by atoms with E-state index in [1.165, 1.54) is 39.3 Å². The second kappa shape index (κ2) is 14.1. The molecular formula is C38H36F2N2O9S. The van der Waals surface area contributed by atoms with Gasteiger partial charge < -0.3 is 24.1 Å². The maximum absolute atomic E-state index is 16.8. The first kappa shape index (κ1) is 36.6. The number of H-pyrrole nitrogens is 1. The smallest absolute Gasteiger partial charge is 0.380 e. The molecule has 0 amide bonds. The first-order valence-corrected chi connectivity index (χ1v) is 17.6. The first-order chi connectivity index (χ1) is 24.8. The van der Waals surface area contributed by atoms with Crippen molar-refractivity contribution in [3.63, 3.8) is 0 Å². The summed E-state index contributed by atoms with van der Waals surface area (Å²) in [5, 5.41) is 7.24. The molecule has 0 bridgehead atoms. The Kier molecular flexibility index (Phi) is 9.94. The lowest BCUT2D eigenvalue weighted by Crippen LogP contribution is -2.59. The number of aliphatic hydroxyl groups is 1. The maximum atomic E-state index is 16.8. The van der Waals surface area contributed by atoms with E-state index in [-0.39, 0.29) is 5.56 Å². The zero-order valence-corrected chi connectivity index (χ0v) is 29.2. The van der Waals surface area contributed by atoms with Crippen LogP contribution in [0.3, 0.4) is 0 Å². The number of aromatic nitrogens is 2. The topological polar surface area (TPSA) is 146 Å². The predicted molar refractivity (Wildman–Crippen MR) is 186 cm³/mol. The standard InChI is InChI=1S/C38H36F2N2O9S/c1-25-23-42(35(44)41-34(25)43)33-22-36(45,38(39,40)52(46,47)31-12-8-5-9-13-31)32(51-33)24-50-37(26-10-6-4-7-11-26,27-14-18-29(48-2)19-15-27)28-16-20-30(49-3)21-17-28/h4-21,23,32-33,45H,22,24H2,1-3H3,(H,41,43,44)/t32-,33-,36-/m1/s1. The van der Waals surface area contributed by atoms with E-state index in [2.05, 4.69) is 4.98 Å². The fourth-order valence-electron chi connectivity index (χ4n) is 6.45. The summed E-state index contributed by atoms with van der Waals surface area (Å²) < 4.78 is 85.2. The van der Waals surface area contributed by atoms with Crippen molar-refractivity contribution in [1.29, 1.82) is 0 Å². The molecule has 5 aromatic rings. The molecule has 0 spiro atoms. The largest absolute Gasteiger partial charge is 0.497 e. The van der Waals surface area contributed by atoms with E-state index in [0.29, 0.717) is 28.2 Å². The molecule has 1 aliphatic rings. The Balaban J connectivity index is 1.52. The molecule has 11 nitrogen and oxygen atoms in total. The van der Waals surface area contributed by atoms with Gasteiger partial charge in [-0.25, -0.2) is 13.2 Å². The van der Waals surface area contributed by atoms with Crippen molar-refractivity contribution < 1.29 is 41.3 Å². The lowest BCUT2D eigenvalue weighted by Gasteiger charge is -2.39. The van der Waals surface area contributed by atoms with Gasteiger partial charge in [-0.1, -0.05) is 72.8 Å². The Morgan fingerprint density at radius 2 is 1.35 bits per heavy atom.